The highest BCUT2D eigenvalue weighted by molar-refractivity contribution is 6.34. The Morgan fingerprint density at radius 3 is 2.00 bits per heavy atom. The molecule has 150 valence electrons. The molecule has 0 rings (SSSR count). The minimum atomic E-state index is -0.593. The highest BCUT2D eigenvalue weighted by Gasteiger charge is 2.11. The maximum atomic E-state index is 11.4. The summed E-state index contributed by atoms with van der Waals surface area (Å²) < 4.78 is 0. The number of carbonyl (C=O) groups excluding carboxylic acids is 2. The van der Waals surface area contributed by atoms with E-state index in [4.69, 9.17) is 0 Å². The summed E-state index contributed by atoms with van der Waals surface area (Å²) in [6, 6.07) is 0. The van der Waals surface area contributed by atoms with Gasteiger partial charge in [0.1, 0.15) is 0 Å². The van der Waals surface area contributed by atoms with Gasteiger partial charge in [-0.2, -0.15) is 0 Å². The summed E-state index contributed by atoms with van der Waals surface area (Å²) in [5.74, 6) is -0.204. The zero-order valence-electron chi connectivity index (χ0n) is 17.8. The van der Waals surface area contributed by atoms with Gasteiger partial charge < -0.3 is 10.6 Å². The smallest absolute Gasteiger partial charge is 0.309 e. The quantitative estimate of drug-likeness (QED) is 0.298. The number of amides is 2. The molecular formula is C22H40N2O2. The number of allylic oxidation sites excluding steroid dienone is 3. The first-order chi connectivity index (χ1) is 12.3. The van der Waals surface area contributed by atoms with Crippen molar-refractivity contribution in [1.82, 2.24) is 10.6 Å². The molecule has 0 aromatic rings. The number of hydrogen-bond acceptors (Lipinski definition) is 2. The molecule has 2 N–H and O–H groups in total. The van der Waals surface area contributed by atoms with Gasteiger partial charge in [0.2, 0.25) is 0 Å². The number of nitrogens with one attached hydrogen (secondary N) is 2. The molecule has 0 saturated heterocycles. The van der Waals surface area contributed by atoms with E-state index in [1.165, 1.54) is 56.7 Å². The highest BCUT2D eigenvalue weighted by Crippen LogP contribution is 2.21. The van der Waals surface area contributed by atoms with Crippen LogP contribution >= 0.6 is 0 Å². The van der Waals surface area contributed by atoms with Crippen molar-refractivity contribution < 1.29 is 9.59 Å². The van der Waals surface area contributed by atoms with Gasteiger partial charge in [-0.1, -0.05) is 69.8 Å². The summed E-state index contributed by atoms with van der Waals surface area (Å²) in [4.78, 5) is 22.6. The maximum absolute atomic E-state index is 11.4. The fraction of sp³-hybridized carbons (Fsp3) is 0.727. The van der Waals surface area contributed by atoms with Crippen molar-refractivity contribution in [1.29, 1.82) is 0 Å². The molecule has 0 spiro atoms. The van der Waals surface area contributed by atoms with Crippen LogP contribution in [-0.4, -0.2) is 25.4 Å². The van der Waals surface area contributed by atoms with Crippen molar-refractivity contribution in [2.24, 2.45) is 11.8 Å². The molecule has 0 heterocycles. The maximum Gasteiger partial charge on any atom is 0.309 e. The van der Waals surface area contributed by atoms with Crippen molar-refractivity contribution in [2.45, 2.75) is 79.6 Å². The van der Waals surface area contributed by atoms with E-state index in [9.17, 15) is 9.59 Å². The number of likely N-dealkylation sites (N-methyl/N-ethyl adjacent to an activating group) is 1. The third-order valence-corrected chi connectivity index (χ3v) is 4.64. The first kappa shape index (κ1) is 24.4. The SMILES string of the molecule is CCCCCCC/C(C)=C/C(/C=C(\C)CCNC(=O)C(=O)NC)C(C)C. The first-order valence-corrected chi connectivity index (χ1v) is 10.2. The van der Waals surface area contributed by atoms with E-state index in [0.29, 0.717) is 18.4 Å². The zero-order valence-corrected chi connectivity index (χ0v) is 17.8. The van der Waals surface area contributed by atoms with E-state index in [2.05, 4.69) is 57.4 Å². The Balaban J connectivity index is 4.49. The minimum Gasteiger partial charge on any atom is -0.351 e. The summed E-state index contributed by atoms with van der Waals surface area (Å²) in [5.41, 5.74) is 2.71. The monoisotopic (exact) mass is 364 g/mol. The first-order valence-electron chi connectivity index (χ1n) is 10.2. The van der Waals surface area contributed by atoms with E-state index in [-0.39, 0.29) is 0 Å². The molecule has 1 atom stereocenters. The summed E-state index contributed by atoms with van der Waals surface area (Å²) in [7, 11) is 1.46. The van der Waals surface area contributed by atoms with E-state index in [1.54, 1.807) is 0 Å². The molecule has 0 aliphatic heterocycles. The molecule has 0 fully saturated rings. The molecule has 0 radical (unpaired) electrons. The number of rotatable bonds is 12. The molecule has 4 nitrogen and oxygen atoms in total. The number of carbonyl (C=O) groups is 2. The molecule has 26 heavy (non-hydrogen) atoms. The summed E-state index contributed by atoms with van der Waals surface area (Å²) in [6.07, 6.45) is 13.2. The normalized spacial score (nSPS) is 13.7. The lowest BCUT2D eigenvalue weighted by Gasteiger charge is -2.16. The van der Waals surface area contributed by atoms with Gasteiger partial charge in [-0.25, -0.2) is 0 Å². The largest absolute Gasteiger partial charge is 0.351 e. The van der Waals surface area contributed by atoms with Crippen LogP contribution in [0.4, 0.5) is 0 Å². The second kappa shape index (κ2) is 14.6. The Morgan fingerprint density at radius 2 is 1.46 bits per heavy atom. The zero-order chi connectivity index (χ0) is 19.9. The second-order valence-corrected chi connectivity index (χ2v) is 7.60. The molecule has 1 unspecified atom stereocenters. The van der Waals surface area contributed by atoms with Gasteiger partial charge in [0.25, 0.3) is 0 Å². The molecule has 0 aliphatic rings. The van der Waals surface area contributed by atoms with Gasteiger partial charge in [0.05, 0.1) is 0 Å². The van der Waals surface area contributed by atoms with Crippen LogP contribution in [-0.2, 0) is 9.59 Å². The highest BCUT2D eigenvalue weighted by atomic mass is 16.2. The lowest BCUT2D eigenvalue weighted by Crippen LogP contribution is -2.38. The predicted molar refractivity (Wildman–Crippen MR) is 111 cm³/mol. The summed E-state index contributed by atoms with van der Waals surface area (Å²) in [5, 5.41) is 4.97. The van der Waals surface area contributed by atoms with E-state index >= 15 is 0 Å². The van der Waals surface area contributed by atoms with E-state index < -0.39 is 11.8 Å². The Bertz CT molecular complexity index is 479. The van der Waals surface area contributed by atoms with Crippen LogP contribution < -0.4 is 10.6 Å². The van der Waals surface area contributed by atoms with Crippen LogP contribution in [0.25, 0.3) is 0 Å². The van der Waals surface area contributed by atoms with Crippen LogP contribution in [0, 0.1) is 11.8 Å². The molecule has 0 aromatic carbocycles. The van der Waals surface area contributed by atoms with Gasteiger partial charge in [-0.3, -0.25) is 9.59 Å². The average molecular weight is 365 g/mol. The molecule has 0 saturated carbocycles. The third-order valence-electron chi connectivity index (χ3n) is 4.64. The second-order valence-electron chi connectivity index (χ2n) is 7.60. The summed E-state index contributed by atoms with van der Waals surface area (Å²) >= 11 is 0. The molecule has 0 aliphatic carbocycles. The molecule has 4 heteroatoms. The average Bonchev–Trinajstić information content (AvgIpc) is 2.59. The molecular weight excluding hydrogens is 324 g/mol. The Labute approximate surface area is 160 Å². The van der Waals surface area contributed by atoms with Crippen LogP contribution in [0.3, 0.4) is 0 Å². The van der Waals surface area contributed by atoms with Crippen LogP contribution in [0.1, 0.15) is 79.6 Å². The fourth-order valence-electron chi connectivity index (χ4n) is 2.83. The van der Waals surface area contributed by atoms with Gasteiger partial charge >= 0.3 is 11.8 Å². The minimum absolute atomic E-state index is 0.417. The van der Waals surface area contributed by atoms with Crippen molar-refractivity contribution in [3.63, 3.8) is 0 Å². The molecule has 0 bridgehead atoms. The van der Waals surface area contributed by atoms with Crippen LogP contribution in [0.15, 0.2) is 23.3 Å². The summed E-state index contributed by atoms with van der Waals surface area (Å²) in [6.45, 7) is 11.5. The lowest BCUT2D eigenvalue weighted by atomic mass is 9.90. The Kier molecular flexibility index (Phi) is 13.7. The lowest BCUT2D eigenvalue weighted by molar-refractivity contribution is -0.138. The van der Waals surface area contributed by atoms with Gasteiger partial charge in [0, 0.05) is 13.6 Å². The van der Waals surface area contributed by atoms with E-state index in [1.807, 2.05) is 0 Å². The number of unbranched alkanes of at least 4 members (excludes halogenated alkanes) is 4. The predicted octanol–water partition coefficient (Wildman–Crippen LogP) is 4.76. The van der Waals surface area contributed by atoms with Crippen molar-refractivity contribution in [3.05, 3.63) is 23.3 Å². The fourth-order valence-corrected chi connectivity index (χ4v) is 2.83. The van der Waals surface area contributed by atoms with Gasteiger partial charge in [0.15, 0.2) is 0 Å². The van der Waals surface area contributed by atoms with Crippen molar-refractivity contribution >= 4 is 11.8 Å². The topological polar surface area (TPSA) is 58.2 Å². The van der Waals surface area contributed by atoms with E-state index in [0.717, 1.165) is 6.42 Å². The van der Waals surface area contributed by atoms with Gasteiger partial charge in [-0.15, -0.1) is 0 Å². The standard InChI is InChI=1S/C22H40N2O2/c1-7-8-9-10-11-12-18(4)15-20(17(2)3)16-19(5)13-14-24-22(26)21(25)23-6/h15-17,20H,7-14H2,1-6H3,(H,23,25)(H,24,26)/b18-15+,19-16+. The van der Waals surface area contributed by atoms with Crippen molar-refractivity contribution in [2.75, 3.05) is 13.6 Å². The molecule has 0 aromatic heterocycles. The molecule has 2 amide bonds. The van der Waals surface area contributed by atoms with Gasteiger partial charge in [-0.05, 0) is 44.9 Å². The van der Waals surface area contributed by atoms with Crippen molar-refractivity contribution in [3.8, 4) is 0 Å². The Morgan fingerprint density at radius 1 is 0.885 bits per heavy atom. The third kappa shape index (κ3) is 11.9. The van der Waals surface area contributed by atoms with Crippen LogP contribution in [0.5, 0.6) is 0 Å². The Hall–Kier alpha value is -1.58. The van der Waals surface area contributed by atoms with Crippen LogP contribution in [0.2, 0.25) is 0 Å². The number of hydrogen-bond donors (Lipinski definition) is 2.